The van der Waals surface area contributed by atoms with Crippen LogP contribution in [0.2, 0.25) is 0 Å². The molecule has 3 aromatic carbocycles. The van der Waals surface area contributed by atoms with Crippen molar-refractivity contribution >= 4 is 56.5 Å². The maximum absolute atomic E-state index is 17.1. The number of fused-ring (bicyclic) bond motifs is 4. The van der Waals surface area contributed by atoms with Crippen molar-refractivity contribution in [2.75, 3.05) is 68.8 Å². The summed E-state index contributed by atoms with van der Waals surface area (Å²) >= 11 is 1.59. The number of piperazine rings is 1. The van der Waals surface area contributed by atoms with Crippen molar-refractivity contribution in [2.24, 2.45) is 17.8 Å². The molecule has 20 heteroatoms. The predicted molar refractivity (Wildman–Crippen MR) is 301 cm³/mol. The molecule has 9 heterocycles. The molecule has 80 heavy (non-hydrogen) atoms. The minimum atomic E-state index is -0.833. The molecule has 5 fully saturated rings. The SMILES string of the molecule is C#Cc1c(F)ccc2cc(O)cc(-c3ncc4c(N5CC6CCC(C5)N6)nc(OCCN5CCC(C6CN(c7cc(C(C(=O)N8C[C@H](O)C[C@H]8C(=O)NC(C)c8ccc(-c9scnc9C)cc8)C(C)C)on7)C6)CC5)nc4c3F)c12. The van der Waals surface area contributed by atoms with E-state index in [0.29, 0.717) is 59.6 Å². The first kappa shape index (κ1) is 53.3. The van der Waals surface area contributed by atoms with Gasteiger partial charge in [0, 0.05) is 81.0 Å². The summed E-state index contributed by atoms with van der Waals surface area (Å²) in [5.74, 6) is 2.05. The van der Waals surface area contributed by atoms with E-state index in [0.717, 1.165) is 73.6 Å². The summed E-state index contributed by atoms with van der Waals surface area (Å²) in [6, 6.07) is 14.8. The lowest BCUT2D eigenvalue weighted by Gasteiger charge is -2.46. The number of pyridine rings is 1. The number of anilines is 2. The van der Waals surface area contributed by atoms with Gasteiger partial charge in [-0.05, 0) is 105 Å². The minimum absolute atomic E-state index is 0.00574. The summed E-state index contributed by atoms with van der Waals surface area (Å²) in [6.45, 7) is 13.5. The number of aryl methyl sites for hydroxylation is 1. The maximum atomic E-state index is 17.1. The van der Waals surface area contributed by atoms with Gasteiger partial charge in [-0.1, -0.05) is 55.3 Å². The number of amides is 2. The molecule has 5 aliphatic heterocycles. The average molecular weight is 1110 g/mol. The van der Waals surface area contributed by atoms with Gasteiger partial charge in [0.15, 0.2) is 17.4 Å². The lowest BCUT2D eigenvalue weighted by atomic mass is 9.79. The molecule has 17 nitrogen and oxygen atoms in total. The highest BCUT2D eigenvalue weighted by Crippen LogP contribution is 2.41. The molecule has 7 aromatic rings. The van der Waals surface area contributed by atoms with E-state index in [1.54, 1.807) is 11.3 Å². The number of nitrogens with one attached hydrogen (secondary N) is 2. The highest BCUT2D eigenvalue weighted by atomic mass is 32.1. The number of benzene rings is 3. The Morgan fingerprint density at radius 2 is 1.71 bits per heavy atom. The van der Waals surface area contributed by atoms with Crippen molar-refractivity contribution in [3.63, 3.8) is 0 Å². The van der Waals surface area contributed by atoms with Crippen LogP contribution in [0, 0.1) is 48.7 Å². The van der Waals surface area contributed by atoms with Crippen LogP contribution in [0.4, 0.5) is 20.4 Å². The first-order valence-corrected chi connectivity index (χ1v) is 28.7. The fourth-order valence-corrected chi connectivity index (χ4v) is 13.7. The van der Waals surface area contributed by atoms with Gasteiger partial charge in [-0.2, -0.15) is 9.97 Å². The number of aromatic hydroxyl groups is 1. The standard InChI is InChI=1S/C60H65F2N11O6S/c1-6-44-47(61)14-11-38-21-42(74)22-45(52(38)44)54-53(62)55-46(25-63-54)57(72-28-40-12-13-41(29-72)66-40)68-60(67-55)78-20-19-70-17-15-36(16-18-70)39-26-71(27-39)50-24-49(79-69-50)51(32(2)3)59(77)73-30-43(75)23-48(73)58(76)65-33(4)35-7-9-37(10-8-35)56-34(5)64-31-80-56/h1,7-11,14,21-22,24-25,31-33,36,39-41,43,48,51,66,74-75H,12-13,15-20,23,26-30H2,2-5H3,(H,65,76)/t33?,40?,41?,43-,48+,51?/m1/s1. The van der Waals surface area contributed by atoms with Crippen molar-refractivity contribution in [3.8, 4) is 45.8 Å². The number of phenolic OH excluding ortho intramolecular Hbond substituents is 1. The first-order valence-electron chi connectivity index (χ1n) is 27.8. The van der Waals surface area contributed by atoms with Crippen LogP contribution < -0.4 is 25.2 Å². The fourth-order valence-electron chi connectivity index (χ4n) is 12.8. The number of thiazole rings is 1. The third kappa shape index (κ3) is 10.3. The summed E-state index contributed by atoms with van der Waals surface area (Å²) in [5.41, 5.74) is 4.76. The van der Waals surface area contributed by atoms with Gasteiger partial charge in [-0.25, -0.2) is 13.8 Å². The predicted octanol–water partition coefficient (Wildman–Crippen LogP) is 7.98. The van der Waals surface area contributed by atoms with Crippen LogP contribution in [0.15, 0.2) is 70.8 Å². The third-order valence-electron chi connectivity index (χ3n) is 17.2. The number of aliphatic hydroxyl groups excluding tert-OH is 1. The number of ether oxygens (including phenoxy) is 1. The number of hydrogen-bond donors (Lipinski definition) is 4. The van der Waals surface area contributed by atoms with Crippen LogP contribution in [-0.4, -0.2) is 140 Å². The zero-order valence-electron chi connectivity index (χ0n) is 45.2. The Bertz CT molecular complexity index is 3510. The summed E-state index contributed by atoms with van der Waals surface area (Å²) in [6.07, 6.45) is 10.7. The van der Waals surface area contributed by atoms with Crippen molar-refractivity contribution in [1.82, 2.24) is 45.5 Å². The van der Waals surface area contributed by atoms with Crippen molar-refractivity contribution in [2.45, 2.75) is 96.0 Å². The molecule has 0 aliphatic carbocycles. The number of carbonyl (C=O) groups excluding carboxylic acids is 2. The van der Waals surface area contributed by atoms with Gasteiger partial charge in [0.25, 0.3) is 0 Å². The van der Waals surface area contributed by atoms with E-state index in [2.05, 4.69) is 51.4 Å². The Kier molecular flexibility index (Phi) is 14.6. The van der Waals surface area contributed by atoms with E-state index in [1.807, 2.05) is 63.5 Å². The molecule has 4 aromatic heterocycles. The van der Waals surface area contributed by atoms with Crippen LogP contribution in [0.1, 0.15) is 87.4 Å². The Morgan fingerprint density at radius 3 is 2.42 bits per heavy atom. The number of terminal acetylenes is 1. The van der Waals surface area contributed by atoms with Crippen molar-refractivity contribution < 1.29 is 37.8 Å². The molecule has 0 spiro atoms. The molecule has 5 aliphatic rings. The normalized spacial score (nSPS) is 21.6. The molecule has 12 rings (SSSR count). The van der Waals surface area contributed by atoms with E-state index in [9.17, 15) is 19.8 Å². The van der Waals surface area contributed by atoms with Crippen LogP contribution in [0.3, 0.4) is 0 Å². The topological polar surface area (TPSA) is 198 Å². The Morgan fingerprint density at radius 1 is 0.950 bits per heavy atom. The molecular formula is C60H65F2N11O6S. The van der Waals surface area contributed by atoms with Crippen LogP contribution in [-0.2, 0) is 9.59 Å². The van der Waals surface area contributed by atoms with Gasteiger partial charge in [0.1, 0.15) is 47.2 Å². The molecule has 6 atom stereocenters. The number of likely N-dealkylation sites (tertiary alicyclic amines) is 2. The molecule has 2 amide bonds. The Labute approximate surface area is 466 Å². The number of hydrogen-bond acceptors (Lipinski definition) is 16. The number of piperidine rings is 1. The zero-order valence-corrected chi connectivity index (χ0v) is 46.1. The number of rotatable bonds is 15. The number of nitrogens with zero attached hydrogens (tertiary/aromatic N) is 9. The van der Waals surface area contributed by atoms with E-state index in [1.165, 1.54) is 35.4 Å². The quantitative estimate of drug-likeness (QED) is 0.0721. The first-order chi connectivity index (χ1) is 38.7. The van der Waals surface area contributed by atoms with E-state index in [-0.39, 0.29) is 94.9 Å². The summed E-state index contributed by atoms with van der Waals surface area (Å²) in [7, 11) is 0. The lowest BCUT2D eigenvalue weighted by molar-refractivity contribution is -0.141. The molecule has 0 saturated carbocycles. The lowest BCUT2D eigenvalue weighted by Crippen LogP contribution is -2.52. The molecule has 0 radical (unpaired) electrons. The van der Waals surface area contributed by atoms with Crippen molar-refractivity contribution in [3.05, 3.63) is 101 Å². The Balaban J connectivity index is 0.661. The zero-order chi connectivity index (χ0) is 55.5. The van der Waals surface area contributed by atoms with Crippen molar-refractivity contribution in [1.29, 1.82) is 0 Å². The highest BCUT2D eigenvalue weighted by molar-refractivity contribution is 7.13. The molecular weight excluding hydrogens is 1040 g/mol. The highest BCUT2D eigenvalue weighted by Gasteiger charge is 2.45. The maximum Gasteiger partial charge on any atom is 0.319 e. The van der Waals surface area contributed by atoms with E-state index < -0.39 is 29.7 Å². The number of aromatic nitrogens is 5. The van der Waals surface area contributed by atoms with Gasteiger partial charge in [0.2, 0.25) is 11.8 Å². The molecule has 2 bridgehead atoms. The summed E-state index contributed by atoms with van der Waals surface area (Å²) in [4.78, 5) is 56.0. The van der Waals surface area contributed by atoms with Gasteiger partial charge in [-0.3, -0.25) is 19.5 Å². The minimum Gasteiger partial charge on any atom is -0.508 e. The second-order valence-electron chi connectivity index (χ2n) is 22.7. The smallest absolute Gasteiger partial charge is 0.319 e. The Hall–Kier alpha value is -7.31. The van der Waals surface area contributed by atoms with Crippen LogP contribution in [0.25, 0.3) is 43.4 Å². The number of β-amino-alcohol motifs (C(OH)–C–C–N with tert-alkyl or cyclic N) is 1. The average Bonchev–Trinajstić information content (AvgIpc) is 4.34. The van der Waals surface area contributed by atoms with E-state index >= 15 is 8.78 Å². The van der Waals surface area contributed by atoms with Crippen LogP contribution in [0.5, 0.6) is 11.8 Å². The fraction of sp³-hybridized carbons (Fsp3) is 0.450. The number of carbonyl (C=O) groups is 2. The van der Waals surface area contributed by atoms with Gasteiger partial charge >= 0.3 is 6.01 Å². The second kappa shape index (κ2) is 22.0. The summed E-state index contributed by atoms with van der Waals surface area (Å²) < 4.78 is 44.3. The molecule has 5 saturated heterocycles. The molecule has 4 unspecified atom stereocenters. The van der Waals surface area contributed by atoms with Gasteiger partial charge in [-0.15, -0.1) is 17.8 Å². The second-order valence-corrected chi connectivity index (χ2v) is 23.6. The van der Waals surface area contributed by atoms with Crippen LogP contribution >= 0.6 is 11.3 Å². The third-order valence-corrected chi connectivity index (χ3v) is 18.2. The molecule has 4 N–H and O–H groups in total. The van der Waals surface area contributed by atoms with Gasteiger partial charge in [0.05, 0.1) is 39.2 Å². The number of phenols is 1. The van der Waals surface area contributed by atoms with E-state index in [4.69, 9.17) is 20.7 Å². The number of aliphatic hydroxyl groups is 1. The molecule has 416 valence electrons. The monoisotopic (exact) mass is 1110 g/mol. The largest absolute Gasteiger partial charge is 0.508 e. The van der Waals surface area contributed by atoms with Gasteiger partial charge < -0.3 is 44.8 Å². The summed E-state index contributed by atoms with van der Waals surface area (Å²) in [5, 5.41) is 33.8. The number of halogens is 2.